The molecule has 1 heterocycles. The first-order valence-electron chi connectivity index (χ1n) is 5.63. The quantitative estimate of drug-likeness (QED) is 0.550. The Bertz CT molecular complexity index is 730. The minimum atomic E-state index is 1.03. The van der Waals surface area contributed by atoms with Crippen LogP contribution in [-0.2, 0) is 0 Å². The Morgan fingerprint density at radius 3 is 2.83 bits per heavy atom. The van der Waals surface area contributed by atoms with Gasteiger partial charge in [-0.2, -0.15) is 0 Å². The van der Waals surface area contributed by atoms with Gasteiger partial charge in [0.25, 0.3) is 0 Å². The molecule has 3 rings (SSSR count). The standard InChI is InChI=1S/C15H11INS/c1-9-13(11-4-3-5-12(16)8-11)6-7-14-15(9)17-10(2)18-14/h3-8H,1H2,2H3. The molecule has 89 valence electrons. The summed E-state index contributed by atoms with van der Waals surface area (Å²) in [7, 11) is 0. The number of fused-ring (bicyclic) bond motifs is 1. The Hall–Kier alpha value is -0.940. The molecule has 0 N–H and O–H groups in total. The third kappa shape index (κ3) is 2.06. The Labute approximate surface area is 124 Å². The van der Waals surface area contributed by atoms with Crippen LogP contribution in [0.3, 0.4) is 0 Å². The Morgan fingerprint density at radius 1 is 1.22 bits per heavy atom. The van der Waals surface area contributed by atoms with E-state index in [-0.39, 0.29) is 0 Å². The molecule has 2 aromatic carbocycles. The van der Waals surface area contributed by atoms with Gasteiger partial charge < -0.3 is 0 Å². The lowest BCUT2D eigenvalue weighted by atomic mass is 10.00. The number of aromatic nitrogens is 1. The summed E-state index contributed by atoms with van der Waals surface area (Å²) >= 11 is 4.05. The fourth-order valence-electron chi connectivity index (χ4n) is 2.09. The lowest BCUT2D eigenvalue weighted by Gasteiger charge is -2.07. The second kappa shape index (κ2) is 4.63. The van der Waals surface area contributed by atoms with Crippen molar-refractivity contribution in [3.63, 3.8) is 0 Å². The van der Waals surface area contributed by atoms with Crippen LogP contribution in [0.5, 0.6) is 0 Å². The lowest BCUT2D eigenvalue weighted by molar-refractivity contribution is 1.34. The molecule has 0 spiro atoms. The molecule has 3 aromatic rings. The maximum absolute atomic E-state index is 4.58. The van der Waals surface area contributed by atoms with Gasteiger partial charge in [-0.3, -0.25) is 0 Å². The van der Waals surface area contributed by atoms with Gasteiger partial charge in [0.05, 0.1) is 15.2 Å². The zero-order valence-electron chi connectivity index (χ0n) is 9.90. The van der Waals surface area contributed by atoms with Gasteiger partial charge >= 0.3 is 0 Å². The maximum Gasteiger partial charge on any atom is 0.0907 e. The smallest absolute Gasteiger partial charge is 0.0907 e. The van der Waals surface area contributed by atoms with E-state index in [0.717, 1.165) is 16.1 Å². The van der Waals surface area contributed by atoms with E-state index in [9.17, 15) is 0 Å². The van der Waals surface area contributed by atoms with E-state index in [1.165, 1.54) is 19.4 Å². The summed E-state index contributed by atoms with van der Waals surface area (Å²) in [5, 5.41) is 1.09. The molecule has 0 saturated carbocycles. The van der Waals surface area contributed by atoms with E-state index in [0.29, 0.717) is 0 Å². The molecule has 0 aliphatic carbocycles. The maximum atomic E-state index is 4.58. The normalized spacial score (nSPS) is 11.1. The minimum Gasteiger partial charge on any atom is -0.241 e. The summed E-state index contributed by atoms with van der Waals surface area (Å²) in [5.41, 5.74) is 4.44. The van der Waals surface area contributed by atoms with E-state index in [4.69, 9.17) is 0 Å². The summed E-state index contributed by atoms with van der Waals surface area (Å²) in [6.07, 6.45) is 0. The van der Waals surface area contributed by atoms with Crippen LogP contribution in [0, 0.1) is 17.4 Å². The van der Waals surface area contributed by atoms with E-state index in [1.54, 1.807) is 11.3 Å². The molecule has 0 aliphatic rings. The number of aryl methyl sites for hydroxylation is 1. The van der Waals surface area contributed by atoms with Crippen LogP contribution in [0.4, 0.5) is 0 Å². The summed E-state index contributed by atoms with van der Waals surface area (Å²) in [4.78, 5) is 4.58. The van der Waals surface area contributed by atoms with Gasteiger partial charge in [-0.15, -0.1) is 11.3 Å². The van der Waals surface area contributed by atoms with Crippen LogP contribution in [-0.4, -0.2) is 4.98 Å². The molecule has 1 radical (unpaired) electrons. The molecule has 0 atom stereocenters. The topological polar surface area (TPSA) is 12.9 Å². The fraction of sp³-hybridized carbons (Fsp3) is 0.0667. The summed E-state index contributed by atoms with van der Waals surface area (Å²) in [6, 6.07) is 12.8. The number of rotatable bonds is 1. The first-order chi connectivity index (χ1) is 8.65. The van der Waals surface area contributed by atoms with Crippen LogP contribution >= 0.6 is 33.9 Å². The van der Waals surface area contributed by atoms with Crippen molar-refractivity contribution in [2.45, 2.75) is 6.92 Å². The fourth-order valence-corrected chi connectivity index (χ4v) is 3.49. The van der Waals surface area contributed by atoms with Crippen LogP contribution in [0.25, 0.3) is 21.3 Å². The highest BCUT2D eigenvalue weighted by molar-refractivity contribution is 14.1. The van der Waals surface area contributed by atoms with Gasteiger partial charge in [-0.25, -0.2) is 4.98 Å². The number of halogens is 1. The van der Waals surface area contributed by atoms with Gasteiger partial charge in [-0.1, -0.05) is 18.2 Å². The predicted octanol–water partition coefficient (Wildman–Crippen LogP) is 5.06. The van der Waals surface area contributed by atoms with Crippen molar-refractivity contribution in [1.29, 1.82) is 0 Å². The molecule has 0 fully saturated rings. The van der Waals surface area contributed by atoms with Gasteiger partial charge in [-0.05, 0) is 71.3 Å². The van der Waals surface area contributed by atoms with Crippen LogP contribution < -0.4 is 0 Å². The van der Waals surface area contributed by atoms with Gasteiger partial charge in [0.2, 0.25) is 0 Å². The summed E-state index contributed by atoms with van der Waals surface area (Å²) in [6.45, 7) is 6.25. The second-order valence-corrected chi connectivity index (χ2v) is 6.66. The Kier molecular flexibility index (Phi) is 3.11. The third-order valence-corrected chi connectivity index (χ3v) is 4.52. The van der Waals surface area contributed by atoms with Crippen molar-refractivity contribution in [2.24, 2.45) is 0 Å². The van der Waals surface area contributed by atoms with Gasteiger partial charge in [0, 0.05) is 3.57 Å². The molecule has 3 heteroatoms. The van der Waals surface area contributed by atoms with Crippen molar-refractivity contribution in [1.82, 2.24) is 4.98 Å². The number of hydrogen-bond donors (Lipinski definition) is 0. The third-order valence-electron chi connectivity index (χ3n) is 2.91. The highest BCUT2D eigenvalue weighted by Gasteiger charge is 2.09. The molecular weight excluding hydrogens is 353 g/mol. The van der Waals surface area contributed by atoms with Crippen LogP contribution in [0.15, 0.2) is 36.4 Å². The lowest BCUT2D eigenvalue weighted by Crippen LogP contribution is -1.85. The first-order valence-corrected chi connectivity index (χ1v) is 7.53. The van der Waals surface area contributed by atoms with Gasteiger partial charge in [0.1, 0.15) is 0 Å². The molecule has 0 saturated heterocycles. The average molecular weight is 364 g/mol. The van der Waals surface area contributed by atoms with Crippen molar-refractivity contribution in [2.75, 3.05) is 0 Å². The number of thiazole rings is 1. The first kappa shape index (κ1) is 12.1. The molecular formula is C15H11INS. The number of hydrogen-bond acceptors (Lipinski definition) is 2. The molecule has 1 nitrogen and oxygen atoms in total. The summed E-state index contributed by atoms with van der Waals surface area (Å²) < 4.78 is 2.45. The molecule has 0 aliphatic heterocycles. The van der Waals surface area contributed by atoms with Crippen LogP contribution in [0.2, 0.25) is 0 Å². The molecule has 0 bridgehead atoms. The minimum absolute atomic E-state index is 1.03. The highest BCUT2D eigenvalue weighted by Crippen LogP contribution is 2.32. The zero-order chi connectivity index (χ0) is 12.7. The number of benzene rings is 2. The van der Waals surface area contributed by atoms with Crippen molar-refractivity contribution < 1.29 is 0 Å². The van der Waals surface area contributed by atoms with Crippen molar-refractivity contribution >= 4 is 44.1 Å². The Balaban J connectivity index is 2.26. The molecule has 0 amide bonds. The molecule has 18 heavy (non-hydrogen) atoms. The van der Waals surface area contributed by atoms with Crippen molar-refractivity contribution in [3.8, 4) is 11.1 Å². The average Bonchev–Trinajstić information content (AvgIpc) is 2.71. The number of nitrogens with zero attached hydrogens (tertiary/aromatic N) is 1. The largest absolute Gasteiger partial charge is 0.241 e. The zero-order valence-corrected chi connectivity index (χ0v) is 12.9. The van der Waals surface area contributed by atoms with E-state index in [1.807, 2.05) is 6.92 Å². The van der Waals surface area contributed by atoms with E-state index in [2.05, 4.69) is 70.9 Å². The summed E-state index contributed by atoms with van der Waals surface area (Å²) in [5.74, 6) is 0. The molecule has 1 aromatic heterocycles. The van der Waals surface area contributed by atoms with Crippen LogP contribution in [0.1, 0.15) is 10.6 Å². The SMILES string of the molecule is [CH2]c1c(-c2cccc(I)c2)ccc2sc(C)nc12. The second-order valence-electron chi connectivity index (χ2n) is 4.18. The highest BCUT2D eigenvalue weighted by atomic mass is 127. The predicted molar refractivity (Wildman–Crippen MR) is 87.0 cm³/mol. The molecule has 0 unspecified atom stereocenters. The van der Waals surface area contributed by atoms with Crippen molar-refractivity contribution in [3.05, 3.63) is 57.5 Å². The monoisotopic (exact) mass is 364 g/mol. The Morgan fingerprint density at radius 2 is 2.06 bits per heavy atom. The van der Waals surface area contributed by atoms with E-state index >= 15 is 0 Å². The van der Waals surface area contributed by atoms with E-state index < -0.39 is 0 Å². The van der Waals surface area contributed by atoms with Gasteiger partial charge in [0.15, 0.2) is 0 Å².